The van der Waals surface area contributed by atoms with E-state index in [0.29, 0.717) is 21.8 Å². The third-order valence-corrected chi connectivity index (χ3v) is 6.06. The number of hydrogen-bond donors (Lipinski definition) is 1. The monoisotopic (exact) mass is 446 g/mol. The highest BCUT2D eigenvalue weighted by atomic mass is 35.5. The van der Waals surface area contributed by atoms with Crippen LogP contribution >= 0.6 is 11.6 Å². The van der Waals surface area contributed by atoms with Crippen LogP contribution in [0.5, 0.6) is 0 Å². The average Bonchev–Trinajstić information content (AvgIpc) is 3.06. The molecule has 162 valence electrons. The van der Waals surface area contributed by atoms with E-state index in [9.17, 15) is 14.7 Å². The summed E-state index contributed by atoms with van der Waals surface area (Å²) in [6.45, 7) is 1.87. The summed E-state index contributed by atoms with van der Waals surface area (Å²) < 4.78 is 0. The zero-order valence-corrected chi connectivity index (χ0v) is 18.8. The molecule has 1 aliphatic heterocycles. The second kappa shape index (κ2) is 8.52. The molecule has 6 heteroatoms. The predicted molar refractivity (Wildman–Crippen MR) is 128 cm³/mol. The minimum absolute atomic E-state index is 0.0514. The van der Waals surface area contributed by atoms with Crippen LogP contribution in [0, 0.1) is 6.92 Å². The highest BCUT2D eigenvalue weighted by Gasteiger charge is 2.47. The number of nitrogens with zero attached hydrogens (tertiary/aromatic N) is 2. The number of ketones is 1. The van der Waals surface area contributed by atoms with E-state index in [2.05, 4.69) is 0 Å². The Kier molecular flexibility index (Phi) is 5.76. The van der Waals surface area contributed by atoms with Crippen molar-refractivity contribution in [3.63, 3.8) is 0 Å². The summed E-state index contributed by atoms with van der Waals surface area (Å²) in [4.78, 5) is 29.7. The molecule has 0 aliphatic carbocycles. The Morgan fingerprint density at radius 2 is 1.62 bits per heavy atom. The van der Waals surface area contributed by atoms with Gasteiger partial charge in [0.05, 0.1) is 11.6 Å². The second-order valence-electron chi connectivity index (χ2n) is 7.95. The van der Waals surface area contributed by atoms with Crippen LogP contribution in [0.3, 0.4) is 0 Å². The molecular formula is C26H23ClN2O3. The summed E-state index contributed by atoms with van der Waals surface area (Å²) in [5.74, 6) is -1.64. The fraction of sp³-hybridized carbons (Fsp3) is 0.154. The highest BCUT2D eigenvalue weighted by molar-refractivity contribution is 6.51. The van der Waals surface area contributed by atoms with E-state index in [4.69, 9.17) is 11.6 Å². The first kappa shape index (κ1) is 21.7. The van der Waals surface area contributed by atoms with Gasteiger partial charge >= 0.3 is 0 Å². The van der Waals surface area contributed by atoms with Gasteiger partial charge in [0, 0.05) is 36.1 Å². The third-order valence-electron chi connectivity index (χ3n) is 5.65. The second-order valence-corrected chi connectivity index (χ2v) is 8.36. The van der Waals surface area contributed by atoms with E-state index in [-0.39, 0.29) is 11.3 Å². The number of amides is 1. The van der Waals surface area contributed by atoms with Gasteiger partial charge in [0.1, 0.15) is 5.76 Å². The molecule has 3 aromatic rings. The molecule has 0 aromatic heterocycles. The maximum absolute atomic E-state index is 13.2. The summed E-state index contributed by atoms with van der Waals surface area (Å²) in [6, 6.07) is 20.8. The lowest BCUT2D eigenvalue weighted by atomic mass is 9.95. The minimum atomic E-state index is -0.787. The first-order chi connectivity index (χ1) is 15.3. The number of Topliss-reactive ketones (excluding diaryl/α,β-unsaturated/α-hetero) is 1. The molecule has 1 saturated heterocycles. The molecule has 1 unspecified atom stereocenters. The van der Waals surface area contributed by atoms with Gasteiger partial charge in [-0.25, -0.2) is 0 Å². The van der Waals surface area contributed by atoms with Gasteiger partial charge in [-0.2, -0.15) is 0 Å². The lowest BCUT2D eigenvalue weighted by molar-refractivity contribution is -0.132. The molecule has 0 radical (unpaired) electrons. The number of aryl methyl sites for hydroxylation is 1. The summed E-state index contributed by atoms with van der Waals surface area (Å²) in [7, 11) is 3.87. The molecule has 5 nitrogen and oxygen atoms in total. The molecule has 1 fully saturated rings. The molecule has 1 heterocycles. The van der Waals surface area contributed by atoms with Crippen LogP contribution in [-0.4, -0.2) is 30.9 Å². The summed E-state index contributed by atoms with van der Waals surface area (Å²) in [5, 5.41) is 11.6. The van der Waals surface area contributed by atoms with Crippen molar-refractivity contribution in [3.8, 4) is 0 Å². The lowest BCUT2D eigenvalue weighted by Crippen LogP contribution is -2.29. The fourth-order valence-corrected chi connectivity index (χ4v) is 4.03. The van der Waals surface area contributed by atoms with Crippen molar-refractivity contribution in [1.82, 2.24) is 0 Å². The van der Waals surface area contributed by atoms with Crippen molar-refractivity contribution in [2.45, 2.75) is 13.0 Å². The Hall–Kier alpha value is -3.57. The highest BCUT2D eigenvalue weighted by Crippen LogP contribution is 2.43. The van der Waals surface area contributed by atoms with Crippen molar-refractivity contribution in [3.05, 3.63) is 100 Å². The van der Waals surface area contributed by atoms with Gasteiger partial charge in [-0.05, 0) is 42.3 Å². The largest absolute Gasteiger partial charge is 0.507 e. The molecule has 1 atom stereocenters. The number of carbonyl (C=O) groups excluding carboxylic acids is 2. The first-order valence-corrected chi connectivity index (χ1v) is 10.6. The Morgan fingerprint density at radius 3 is 2.22 bits per heavy atom. The van der Waals surface area contributed by atoms with Crippen LogP contribution in [0.25, 0.3) is 5.76 Å². The number of anilines is 2. The molecule has 3 aromatic carbocycles. The van der Waals surface area contributed by atoms with Gasteiger partial charge in [0.25, 0.3) is 11.7 Å². The third kappa shape index (κ3) is 3.76. The molecule has 0 spiro atoms. The summed E-state index contributed by atoms with van der Waals surface area (Å²) in [6.07, 6.45) is 0. The lowest BCUT2D eigenvalue weighted by Gasteiger charge is -2.26. The molecule has 32 heavy (non-hydrogen) atoms. The standard InChI is InChI=1S/C26H23ClN2O3/c1-16-9-12-20(15-21(16)27)29-23(17-10-13-19(14-11-17)28(2)3)22(25(31)26(29)32)24(30)18-7-5-4-6-8-18/h4-15,23,30H,1-3H3. The SMILES string of the molecule is Cc1ccc(N2C(=O)C(=O)C(=C(O)c3ccccc3)C2c2ccc(N(C)C)cc2)cc1Cl. The normalized spacial score (nSPS) is 17.6. The molecule has 4 rings (SSSR count). The van der Waals surface area contributed by atoms with Crippen LogP contribution in [0.15, 0.2) is 78.4 Å². The van der Waals surface area contributed by atoms with Crippen LogP contribution in [0.1, 0.15) is 22.7 Å². The molecular weight excluding hydrogens is 424 g/mol. The van der Waals surface area contributed by atoms with Gasteiger partial charge in [0.2, 0.25) is 0 Å². The average molecular weight is 447 g/mol. The maximum Gasteiger partial charge on any atom is 0.300 e. The van der Waals surface area contributed by atoms with E-state index in [0.717, 1.165) is 11.3 Å². The number of hydrogen-bond acceptors (Lipinski definition) is 4. The Labute approximate surface area is 192 Å². The fourth-order valence-electron chi connectivity index (χ4n) is 3.85. The molecule has 1 amide bonds. The zero-order chi connectivity index (χ0) is 23.0. The predicted octanol–water partition coefficient (Wildman–Crippen LogP) is 5.34. The Morgan fingerprint density at radius 1 is 0.969 bits per heavy atom. The van der Waals surface area contributed by atoms with E-state index in [1.807, 2.05) is 56.3 Å². The van der Waals surface area contributed by atoms with E-state index in [1.165, 1.54) is 4.90 Å². The van der Waals surface area contributed by atoms with Crippen molar-refractivity contribution >= 4 is 40.4 Å². The first-order valence-electron chi connectivity index (χ1n) is 10.2. The number of rotatable bonds is 4. The van der Waals surface area contributed by atoms with Crippen LogP contribution < -0.4 is 9.80 Å². The molecule has 0 bridgehead atoms. The van der Waals surface area contributed by atoms with Gasteiger partial charge in [-0.15, -0.1) is 0 Å². The van der Waals surface area contributed by atoms with Crippen molar-refractivity contribution in [2.75, 3.05) is 23.9 Å². The summed E-state index contributed by atoms with van der Waals surface area (Å²) in [5.41, 5.74) is 3.58. The van der Waals surface area contributed by atoms with Crippen molar-refractivity contribution in [2.24, 2.45) is 0 Å². The maximum atomic E-state index is 13.2. The van der Waals surface area contributed by atoms with Crippen LogP contribution in [-0.2, 0) is 9.59 Å². The Bertz CT molecular complexity index is 1220. The quantitative estimate of drug-likeness (QED) is 0.334. The Balaban J connectivity index is 1.93. The molecule has 1 aliphatic rings. The smallest absolute Gasteiger partial charge is 0.300 e. The van der Waals surface area contributed by atoms with Gasteiger partial charge < -0.3 is 10.0 Å². The molecule has 0 saturated carbocycles. The minimum Gasteiger partial charge on any atom is -0.507 e. The van der Waals surface area contributed by atoms with Crippen LogP contribution in [0.2, 0.25) is 5.02 Å². The number of aliphatic hydroxyl groups excluding tert-OH is 1. The molecule has 1 N–H and O–H groups in total. The van der Waals surface area contributed by atoms with Crippen molar-refractivity contribution < 1.29 is 14.7 Å². The van der Waals surface area contributed by atoms with E-state index < -0.39 is 17.7 Å². The van der Waals surface area contributed by atoms with E-state index >= 15 is 0 Å². The number of carbonyl (C=O) groups is 2. The van der Waals surface area contributed by atoms with Gasteiger partial charge in [-0.1, -0.05) is 60.1 Å². The topological polar surface area (TPSA) is 60.9 Å². The zero-order valence-electron chi connectivity index (χ0n) is 18.0. The van der Waals surface area contributed by atoms with E-state index in [1.54, 1.807) is 42.5 Å². The number of aliphatic hydroxyl groups is 1. The van der Waals surface area contributed by atoms with Gasteiger partial charge in [-0.3, -0.25) is 14.5 Å². The summed E-state index contributed by atoms with van der Waals surface area (Å²) >= 11 is 6.33. The number of halogens is 1. The number of benzene rings is 3. The van der Waals surface area contributed by atoms with Gasteiger partial charge in [0.15, 0.2) is 0 Å². The van der Waals surface area contributed by atoms with Crippen LogP contribution in [0.4, 0.5) is 11.4 Å². The van der Waals surface area contributed by atoms with Crippen molar-refractivity contribution in [1.29, 1.82) is 0 Å².